The second-order valence-corrected chi connectivity index (χ2v) is 4.30. The largest absolute Gasteiger partial charge is 0.368 e. The molecule has 0 aromatic carbocycles. The number of hydroxylamine groups is 1. The zero-order chi connectivity index (χ0) is 10.1. The molecule has 5 nitrogen and oxygen atoms in total. The predicted molar refractivity (Wildman–Crippen MR) is 54.1 cm³/mol. The van der Waals surface area contributed by atoms with Gasteiger partial charge in [0.2, 0.25) is 5.96 Å². The van der Waals surface area contributed by atoms with Crippen molar-refractivity contribution in [3.8, 4) is 0 Å². The molecule has 80 valence electrons. The molecule has 2 unspecified atom stereocenters. The fourth-order valence-corrected chi connectivity index (χ4v) is 2.71. The van der Waals surface area contributed by atoms with Gasteiger partial charge in [-0.05, 0) is 32.7 Å². The van der Waals surface area contributed by atoms with Crippen LogP contribution in [0.3, 0.4) is 0 Å². The third-order valence-corrected chi connectivity index (χ3v) is 3.51. The van der Waals surface area contributed by atoms with Crippen LogP contribution in [-0.2, 0) is 0 Å². The fourth-order valence-electron chi connectivity index (χ4n) is 2.71. The standard InChI is InChI=1S/C9H18N4O/c1-13-7-2-3-8(13)5-6(4-7)11-9(10)12-14/h6-8,14H,2-5H2,1H3,(H3,10,11,12). The molecule has 0 aromatic heterocycles. The van der Waals surface area contributed by atoms with Crippen LogP contribution in [0.4, 0.5) is 0 Å². The van der Waals surface area contributed by atoms with Gasteiger partial charge in [-0.15, -0.1) is 0 Å². The topological polar surface area (TPSA) is 73.9 Å². The van der Waals surface area contributed by atoms with Crippen molar-refractivity contribution in [2.24, 2.45) is 10.7 Å². The van der Waals surface area contributed by atoms with Crippen molar-refractivity contribution in [2.45, 2.75) is 43.8 Å². The molecule has 2 heterocycles. The monoisotopic (exact) mass is 198 g/mol. The third kappa shape index (κ3) is 1.69. The second kappa shape index (κ2) is 3.74. The summed E-state index contributed by atoms with van der Waals surface area (Å²) in [6, 6.07) is 1.60. The van der Waals surface area contributed by atoms with Crippen molar-refractivity contribution in [3.63, 3.8) is 0 Å². The summed E-state index contributed by atoms with van der Waals surface area (Å²) in [5, 5.41) is 8.55. The molecule has 0 aromatic rings. The average molecular weight is 198 g/mol. The van der Waals surface area contributed by atoms with Gasteiger partial charge >= 0.3 is 0 Å². The van der Waals surface area contributed by atoms with E-state index in [9.17, 15) is 0 Å². The molecule has 14 heavy (non-hydrogen) atoms. The van der Waals surface area contributed by atoms with E-state index in [4.69, 9.17) is 10.9 Å². The van der Waals surface area contributed by atoms with Gasteiger partial charge in [-0.1, -0.05) is 0 Å². The van der Waals surface area contributed by atoms with E-state index in [1.54, 1.807) is 0 Å². The Hall–Kier alpha value is -0.810. The van der Waals surface area contributed by atoms with Gasteiger partial charge in [0, 0.05) is 12.1 Å². The molecule has 2 fully saturated rings. The Labute approximate surface area is 83.9 Å². The summed E-state index contributed by atoms with van der Waals surface area (Å²) in [4.78, 5) is 6.69. The van der Waals surface area contributed by atoms with Crippen LogP contribution in [0.1, 0.15) is 25.7 Å². The first-order valence-corrected chi connectivity index (χ1v) is 5.16. The summed E-state index contributed by atoms with van der Waals surface area (Å²) in [5.74, 6) is 0.138. The van der Waals surface area contributed by atoms with Crippen molar-refractivity contribution >= 4 is 5.96 Å². The third-order valence-electron chi connectivity index (χ3n) is 3.51. The molecule has 0 spiro atoms. The van der Waals surface area contributed by atoms with Crippen molar-refractivity contribution in [1.29, 1.82) is 0 Å². The Bertz CT molecular complexity index is 229. The summed E-state index contributed by atoms with van der Waals surface area (Å²) in [5.41, 5.74) is 7.31. The number of rotatable bonds is 1. The van der Waals surface area contributed by atoms with E-state index < -0.39 is 0 Å². The molecule has 2 atom stereocenters. The van der Waals surface area contributed by atoms with Gasteiger partial charge in [0.15, 0.2) is 0 Å². The van der Waals surface area contributed by atoms with E-state index in [0.29, 0.717) is 12.1 Å². The van der Waals surface area contributed by atoms with E-state index in [1.165, 1.54) is 12.8 Å². The van der Waals surface area contributed by atoms with Crippen LogP contribution in [0.15, 0.2) is 4.99 Å². The van der Waals surface area contributed by atoms with Crippen LogP contribution in [0.25, 0.3) is 0 Å². The lowest BCUT2D eigenvalue weighted by Gasteiger charge is -2.34. The highest BCUT2D eigenvalue weighted by Gasteiger charge is 2.38. The van der Waals surface area contributed by atoms with Crippen molar-refractivity contribution in [1.82, 2.24) is 10.4 Å². The van der Waals surface area contributed by atoms with Gasteiger partial charge < -0.3 is 10.6 Å². The first kappa shape index (κ1) is 9.73. The molecule has 2 saturated heterocycles. The van der Waals surface area contributed by atoms with Crippen molar-refractivity contribution in [3.05, 3.63) is 0 Å². The predicted octanol–water partition coefficient (Wildman–Crippen LogP) is -0.0949. The highest BCUT2D eigenvalue weighted by atomic mass is 16.5. The molecule has 2 aliphatic rings. The van der Waals surface area contributed by atoms with Crippen LogP contribution in [-0.4, -0.2) is 41.2 Å². The molecular formula is C9H18N4O. The van der Waals surface area contributed by atoms with Gasteiger partial charge in [0.1, 0.15) is 0 Å². The lowest BCUT2D eigenvalue weighted by atomic mass is 9.99. The minimum atomic E-state index is 0.138. The van der Waals surface area contributed by atoms with Crippen LogP contribution < -0.4 is 11.2 Å². The van der Waals surface area contributed by atoms with E-state index in [2.05, 4.69) is 16.9 Å². The Kier molecular flexibility index (Phi) is 2.60. The number of nitrogens with one attached hydrogen (secondary N) is 1. The first-order valence-electron chi connectivity index (χ1n) is 5.16. The van der Waals surface area contributed by atoms with E-state index >= 15 is 0 Å². The molecule has 0 saturated carbocycles. The SMILES string of the molecule is CN1C2CCC1CC(N=C(N)NO)C2. The quantitative estimate of drug-likeness (QED) is 0.312. The molecule has 2 rings (SSSR count). The van der Waals surface area contributed by atoms with E-state index in [-0.39, 0.29) is 12.0 Å². The van der Waals surface area contributed by atoms with Gasteiger partial charge in [0.05, 0.1) is 6.04 Å². The Balaban J connectivity index is 1.99. The van der Waals surface area contributed by atoms with Gasteiger partial charge in [-0.2, -0.15) is 0 Å². The van der Waals surface area contributed by atoms with Crippen LogP contribution in [0.5, 0.6) is 0 Å². The Morgan fingerprint density at radius 1 is 1.43 bits per heavy atom. The van der Waals surface area contributed by atoms with Crippen LogP contribution in [0.2, 0.25) is 0 Å². The Morgan fingerprint density at radius 3 is 2.50 bits per heavy atom. The summed E-state index contributed by atoms with van der Waals surface area (Å²) in [6.45, 7) is 0. The first-order chi connectivity index (χ1) is 6.70. The van der Waals surface area contributed by atoms with Gasteiger partial charge in [0.25, 0.3) is 0 Å². The molecule has 0 amide bonds. The molecular weight excluding hydrogens is 180 g/mol. The maximum atomic E-state index is 8.55. The summed E-state index contributed by atoms with van der Waals surface area (Å²) in [6.07, 6.45) is 4.68. The highest BCUT2D eigenvalue weighted by molar-refractivity contribution is 5.76. The summed E-state index contributed by atoms with van der Waals surface area (Å²) < 4.78 is 0. The maximum Gasteiger partial charge on any atom is 0.213 e. The van der Waals surface area contributed by atoms with Crippen LogP contribution >= 0.6 is 0 Å². The fraction of sp³-hybridized carbons (Fsp3) is 0.889. The van der Waals surface area contributed by atoms with Crippen molar-refractivity contribution in [2.75, 3.05) is 7.05 Å². The van der Waals surface area contributed by atoms with Gasteiger partial charge in [-0.3, -0.25) is 5.21 Å². The minimum Gasteiger partial charge on any atom is -0.368 e. The van der Waals surface area contributed by atoms with E-state index in [0.717, 1.165) is 12.8 Å². The number of hydrogen-bond acceptors (Lipinski definition) is 3. The Morgan fingerprint density at radius 2 is 2.00 bits per heavy atom. The maximum absolute atomic E-state index is 8.55. The summed E-state index contributed by atoms with van der Waals surface area (Å²) in [7, 11) is 2.19. The summed E-state index contributed by atoms with van der Waals surface area (Å²) >= 11 is 0. The lowest BCUT2D eigenvalue weighted by Crippen LogP contribution is -2.42. The van der Waals surface area contributed by atoms with E-state index in [1.807, 2.05) is 5.48 Å². The number of aliphatic imine (C=N–C) groups is 1. The molecule has 0 aliphatic carbocycles. The molecule has 2 bridgehead atoms. The number of fused-ring (bicyclic) bond motifs is 2. The normalized spacial score (nSPS) is 38.7. The smallest absolute Gasteiger partial charge is 0.213 e. The number of nitrogens with zero attached hydrogens (tertiary/aromatic N) is 2. The number of hydrogen-bond donors (Lipinski definition) is 3. The lowest BCUT2D eigenvalue weighted by molar-refractivity contribution is 0.162. The zero-order valence-corrected chi connectivity index (χ0v) is 8.48. The molecule has 2 aliphatic heterocycles. The zero-order valence-electron chi connectivity index (χ0n) is 8.48. The number of guanidine groups is 1. The second-order valence-electron chi connectivity index (χ2n) is 4.30. The van der Waals surface area contributed by atoms with Gasteiger partial charge in [-0.25, -0.2) is 10.5 Å². The number of nitrogens with two attached hydrogens (primary N) is 1. The average Bonchev–Trinajstić information content (AvgIpc) is 2.42. The molecule has 4 N–H and O–H groups in total. The molecule has 0 radical (unpaired) electrons. The van der Waals surface area contributed by atoms with Crippen LogP contribution in [0, 0.1) is 0 Å². The molecule has 5 heteroatoms. The minimum absolute atomic E-state index is 0.138. The highest BCUT2D eigenvalue weighted by Crippen LogP contribution is 2.35. The van der Waals surface area contributed by atoms with Crippen molar-refractivity contribution < 1.29 is 5.21 Å². The number of piperidine rings is 1.